The summed E-state index contributed by atoms with van der Waals surface area (Å²) in [5.74, 6) is 3.00. The van der Waals surface area contributed by atoms with Crippen LogP contribution in [0.25, 0.3) is 0 Å². The number of rotatable bonds is 2. The Morgan fingerprint density at radius 2 is 2.06 bits per heavy atom. The number of hydrogen-bond acceptors (Lipinski definition) is 4. The Morgan fingerprint density at radius 3 is 2.76 bits per heavy atom. The van der Waals surface area contributed by atoms with Crippen LogP contribution in [-0.4, -0.2) is 16.0 Å². The molecule has 0 aliphatic heterocycles. The summed E-state index contributed by atoms with van der Waals surface area (Å²) in [6.45, 7) is 6.61. The molecule has 3 unspecified atom stereocenters. The molecule has 17 heavy (non-hydrogen) atoms. The maximum atomic E-state index is 5.79. The molecule has 1 aromatic heterocycles. The zero-order chi connectivity index (χ0) is 12.4. The summed E-state index contributed by atoms with van der Waals surface area (Å²) in [5, 5.41) is 3.53. The summed E-state index contributed by atoms with van der Waals surface area (Å²) < 4.78 is 0. The zero-order valence-electron chi connectivity index (χ0n) is 10.9. The minimum absolute atomic E-state index is 0.513. The van der Waals surface area contributed by atoms with Crippen LogP contribution in [0.15, 0.2) is 6.33 Å². The molecule has 0 bridgehead atoms. The van der Waals surface area contributed by atoms with Crippen LogP contribution in [-0.2, 0) is 0 Å². The quantitative estimate of drug-likeness (QED) is 0.825. The fraction of sp³-hybridized carbons (Fsp3) is 0.692. The third-order valence-corrected chi connectivity index (χ3v) is 3.88. The normalized spacial score (nSPS) is 29.0. The van der Waals surface area contributed by atoms with Crippen molar-refractivity contribution in [2.45, 2.75) is 46.1 Å². The van der Waals surface area contributed by atoms with Gasteiger partial charge in [0.25, 0.3) is 0 Å². The maximum absolute atomic E-state index is 5.79. The molecule has 4 nitrogen and oxygen atoms in total. The van der Waals surface area contributed by atoms with Crippen LogP contribution in [0, 0.1) is 18.8 Å². The van der Waals surface area contributed by atoms with E-state index in [9.17, 15) is 0 Å². The highest BCUT2D eigenvalue weighted by Gasteiger charge is 2.25. The Morgan fingerprint density at radius 1 is 1.29 bits per heavy atom. The Labute approximate surface area is 103 Å². The number of nitrogens with zero attached hydrogens (tertiary/aromatic N) is 2. The van der Waals surface area contributed by atoms with E-state index in [1.54, 1.807) is 0 Å². The van der Waals surface area contributed by atoms with Crippen molar-refractivity contribution in [2.75, 3.05) is 11.1 Å². The van der Waals surface area contributed by atoms with Crippen LogP contribution >= 0.6 is 0 Å². The molecular weight excluding hydrogens is 212 g/mol. The first-order chi connectivity index (χ1) is 8.08. The molecule has 1 fully saturated rings. The number of aromatic nitrogens is 2. The van der Waals surface area contributed by atoms with E-state index in [4.69, 9.17) is 5.73 Å². The first-order valence-electron chi connectivity index (χ1n) is 6.41. The lowest BCUT2D eigenvalue weighted by atomic mass is 9.80. The number of hydrogen-bond donors (Lipinski definition) is 2. The second-order valence-electron chi connectivity index (χ2n) is 5.38. The van der Waals surface area contributed by atoms with Gasteiger partial charge in [-0.15, -0.1) is 0 Å². The van der Waals surface area contributed by atoms with Gasteiger partial charge in [0.15, 0.2) is 0 Å². The molecule has 1 heterocycles. The van der Waals surface area contributed by atoms with Crippen LogP contribution in [0.1, 0.15) is 38.7 Å². The molecule has 1 aromatic rings. The van der Waals surface area contributed by atoms with E-state index in [1.165, 1.54) is 25.6 Å². The minimum Gasteiger partial charge on any atom is -0.383 e. The molecule has 3 N–H and O–H groups in total. The second kappa shape index (κ2) is 4.90. The van der Waals surface area contributed by atoms with Gasteiger partial charge in [0.1, 0.15) is 18.0 Å². The van der Waals surface area contributed by atoms with Gasteiger partial charge < -0.3 is 11.1 Å². The van der Waals surface area contributed by atoms with E-state index in [1.807, 2.05) is 6.92 Å². The van der Waals surface area contributed by atoms with Gasteiger partial charge in [0, 0.05) is 11.6 Å². The molecule has 0 radical (unpaired) electrons. The van der Waals surface area contributed by atoms with Crippen LogP contribution in [0.5, 0.6) is 0 Å². The lowest BCUT2D eigenvalue weighted by Gasteiger charge is -2.33. The van der Waals surface area contributed by atoms with Crippen molar-refractivity contribution >= 4 is 11.6 Å². The second-order valence-corrected chi connectivity index (χ2v) is 5.38. The molecule has 0 spiro atoms. The largest absolute Gasteiger partial charge is 0.383 e. The van der Waals surface area contributed by atoms with Gasteiger partial charge >= 0.3 is 0 Å². The number of nitrogens with one attached hydrogen (secondary N) is 1. The SMILES string of the molecule is Cc1c(N)ncnc1NC1CCC(C)CC1C. The summed E-state index contributed by atoms with van der Waals surface area (Å²) in [5.41, 5.74) is 6.75. The monoisotopic (exact) mass is 234 g/mol. The van der Waals surface area contributed by atoms with E-state index in [0.29, 0.717) is 17.8 Å². The van der Waals surface area contributed by atoms with Gasteiger partial charge in [-0.3, -0.25) is 0 Å². The van der Waals surface area contributed by atoms with Crippen molar-refractivity contribution in [1.29, 1.82) is 0 Å². The third kappa shape index (κ3) is 2.68. The molecule has 2 rings (SSSR count). The van der Waals surface area contributed by atoms with Gasteiger partial charge in [-0.25, -0.2) is 9.97 Å². The Bertz CT molecular complexity index is 391. The topological polar surface area (TPSA) is 63.8 Å². The van der Waals surface area contributed by atoms with Crippen LogP contribution in [0.3, 0.4) is 0 Å². The minimum atomic E-state index is 0.513. The van der Waals surface area contributed by atoms with Crippen LogP contribution in [0.4, 0.5) is 11.6 Å². The van der Waals surface area contributed by atoms with Crippen molar-refractivity contribution in [2.24, 2.45) is 11.8 Å². The molecule has 0 saturated heterocycles. The fourth-order valence-corrected chi connectivity index (χ4v) is 2.66. The van der Waals surface area contributed by atoms with Crippen molar-refractivity contribution in [3.05, 3.63) is 11.9 Å². The summed E-state index contributed by atoms with van der Waals surface area (Å²) in [4.78, 5) is 8.27. The molecule has 3 atom stereocenters. The molecule has 1 aliphatic rings. The van der Waals surface area contributed by atoms with Crippen molar-refractivity contribution in [3.8, 4) is 0 Å². The summed E-state index contributed by atoms with van der Waals surface area (Å²) in [6.07, 6.45) is 5.32. The Hall–Kier alpha value is -1.32. The van der Waals surface area contributed by atoms with Gasteiger partial charge in [0.05, 0.1) is 0 Å². The van der Waals surface area contributed by atoms with E-state index >= 15 is 0 Å². The van der Waals surface area contributed by atoms with E-state index in [2.05, 4.69) is 29.1 Å². The van der Waals surface area contributed by atoms with Gasteiger partial charge in [0.2, 0.25) is 0 Å². The molecule has 0 aromatic carbocycles. The Kier molecular flexibility index (Phi) is 3.50. The molecule has 4 heteroatoms. The molecular formula is C13H22N4. The van der Waals surface area contributed by atoms with Gasteiger partial charge in [-0.1, -0.05) is 13.8 Å². The first kappa shape index (κ1) is 12.1. The first-order valence-corrected chi connectivity index (χ1v) is 6.41. The standard InChI is InChI=1S/C13H22N4/c1-8-4-5-11(9(2)6-8)17-13-10(3)12(14)15-7-16-13/h7-9,11H,4-6H2,1-3H3,(H3,14,15,16,17). The van der Waals surface area contributed by atoms with Crippen molar-refractivity contribution in [3.63, 3.8) is 0 Å². The lowest BCUT2D eigenvalue weighted by Crippen LogP contribution is -2.33. The smallest absolute Gasteiger partial charge is 0.134 e. The molecule has 1 aliphatic carbocycles. The predicted octanol–water partition coefficient (Wildman–Crippen LogP) is 2.60. The summed E-state index contributed by atoms with van der Waals surface area (Å²) in [6, 6.07) is 0.513. The number of anilines is 2. The van der Waals surface area contributed by atoms with Crippen molar-refractivity contribution < 1.29 is 0 Å². The van der Waals surface area contributed by atoms with E-state index in [0.717, 1.165) is 17.3 Å². The fourth-order valence-electron chi connectivity index (χ4n) is 2.66. The summed E-state index contributed by atoms with van der Waals surface area (Å²) >= 11 is 0. The zero-order valence-corrected chi connectivity index (χ0v) is 10.9. The lowest BCUT2D eigenvalue weighted by molar-refractivity contribution is 0.276. The van der Waals surface area contributed by atoms with E-state index in [-0.39, 0.29) is 0 Å². The van der Waals surface area contributed by atoms with Crippen molar-refractivity contribution in [1.82, 2.24) is 9.97 Å². The predicted molar refractivity (Wildman–Crippen MR) is 70.8 cm³/mol. The highest BCUT2D eigenvalue weighted by Crippen LogP contribution is 2.31. The molecule has 94 valence electrons. The van der Waals surface area contributed by atoms with Gasteiger partial charge in [-0.2, -0.15) is 0 Å². The average molecular weight is 234 g/mol. The third-order valence-electron chi connectivity index (χ3n) is 3.88. The van der Waals surface area contributed by atoms with Crippen LogP contribution in [0.2, 0.25) is 0 Å². The highest BCUT2D eigenvalue weighted by atomic mass is 15.1. The van der Waals surface area contributed by atoms with Crippen LogP contribution < -0.4 is 11.1 Å². The Balaban J connectivity index is 2.08. The number of nitrogens with two attached hydrogens (primary N) is 1. The van der Waals surface area contributed by atoms with Gasteiger partial charge in [-0.05, 0) is 38.0 Å². The average Bonchev–Trinajstić information content (AvgIpc) is 2.28. The number of nitrogen functional groups attached to an aromatic ring is 1. The molecule has 1 saturated carbocycles. The maximum Gasteiger partial charge on any atom is 0.134 e. The highest BCUT2D eigenvalue weighted by molar-refractivity contribution is 5.54. The molecule has 0 amide bonds. The summed E-state index contributed by atoms with van der Waals surface area (Å²) in [7, 11) is 0. The van der Waals surface area contributed by atoms with E-state index < -0.39 is 0 Å².